The number of benzene rings is 1. The number of hydrogen-bond donors (Lipinski definition) is 1. The number of hydrogen-bond acceptors (Lipinski definition) is 4. The van der Waals surface area contributed by atoms with Gasteiger partial charge in [0.15, 0.2) is 11.8 Å². The molecule has 158 valence electrons. The molecule has 0 bridgehead atoms. The second-order valence-electron chi connectivity index (χ2n) is 7.97. The molecule has 8 heteroatoms. The molecule has 0 atom stereocenters. The van der Waals surface area contributed by atoms with Crippen molar-refractivity contribution in [1.29, 1.82) is 0 Å². The molecule has 2 aromatic rings. The van der Waals surface area contributed by atoms with Crippen LogP contribution in [-0.4, -0.2) is 57.8 Å². The Labute approximate surface area is 190 Å². The molecule has 2 heterocycles. The van der Waals surface area contributed by atoms with Crippen molar-refractivity contribution in [1.82, 2.24) is 25.0 Å². The third-order valence-corrected chi connectivity index (χ3v) is 5.96. The SMILES string of the molecule is Cc1cccc(N2CCN(C(=NCc3nnc(C)n3C)NC3CC3)CC2)c1C.I. The van der Waals surface area contributed by atoms with Gasteiger partial charge in [-0.1, -0.05) is 12.1 Å². The highest BCUT2D eigenvalue weighted by Crippen LogP contribution is 2.24. The van der Waals surface area contributed by atoms with Crippen LogP contribution in [0.3, 0.4) is 0 Å². The van der Waals surface area contributed by atoms with E-state index in [0.717, 1.165) is 43.8 Å². The number of aromatic nitrogens is 3. The van der Waals surface area contributed by atoms with E-state index in [2.05, 4.69) is 57.4 Å². The number of guanidine groups is 1. The van der Waals surface area contributed by atoms with Crippen LogP contribution in [0.25, 0.3) is 0 Å². The van der Waals surface area contributed by atoms with E-state index in [1.54, 1.807) is 0 Å². The molecule has 1 aromatic carbocycles. The van der Waals surface area contributed by atoms with E-state index in [0.29, 0.717) is 12.6 Å². The average molecular weight is 509 g/mol. The van der Waals surface area contributed by atoms with E-state index >= 15 is 0 Å². The highest BCUT2D eigenvalue weighted by atomic mass is 127. The molecule has 1 N–H and O–H groups in total. The maximum absolute atomic E-state index is 4.89. The Morgan fingerprint density at radius 1 is 1.10 bits per heavy atom. The van der Waals surface area contributed by atoms with Gasteiger partial charge in [-0.2, -0.15) is 0 Å². The Morgan fingerprint density at radius 2 is 1.83 bits per heavy atom. The second-order valence-corrected chi connectivity index (χ2v) is 7.97. The number of halogens is 1. The molecule has 2 fully saturated rings. The van der Waals surface area contributed by atoms with Crippen molar-refractivity contribution in [2.75, 3.05) is 31.1 Å². The first-order valence-electron chi connectivity index (χ1n) is 10.2. The largest absolute Gasteiger partial charge is 0.368 e. The van der Waals surface area contributed by atoms with Crippen molar-refractivity contribution in [2.45, 2.75) is 46.2 Å². The van der Waals surface area contributed by atoms with Crippen molar-refractivity contribution < 1.29 is 0 Å². The van der Waals surface area contributed by atoms with Gasteiger partial charge in [0.1, 0.15) is 12.4 Å². The first-order chi connectivity index (χ1) is 13.5. The topological polar surface area (TPSA) is 61.6 Å². The summed E-state index contributed by atoms with van der Waals surface area (Å²) in [4.78, 5) is 9.78. The van der Waals surface area contributed by atoms with Crippen LogP contribution in [0.1, 0.15) is 35.6 Å². The lowest BCUT2D eigenvalue weighted by Gasteiger charge is -2.38. The molecular weight excluding hydrogens is 477 g/mol. The van der Waals surface area contributed by atoms with E-state index in [1.807, 2.05) is 18.5 Å². The Hall–Kier alpha value is -1.84. The standard InChI is InChI=1S/C21H31N7.HI/c1-15-6-5-7-19(16(15)2)27-10-12-28(13-11-27)21(23-18-8-9-18)22-14-20-25-24-17(3)26(20)4;/h5-7,18H,8-14H2,1-4H3,(H,22,23);1H. The van der Waals surface area contributed by atoms with Crippen LogP contribution in [0.5, 0.6) is 0 Å². The second kappa shape index (κ2) is 9.32. The molecule has 7 nitrogen and oxygen atoms in total. The Bertz CT molecular complexity index is 864. The van der Waals surface area contributed by atoms with Crippen molar-refractivity contribution in [3.8, 4) is 0 Å². The fourth-order valence-corrected chi connectivity index (χ4v) is 3.62. The Morgan fingerprint density at radius 3 is 2.45 bits per heavy atom. The van der Waals surface area contributed by atoms with Crippen molar-refractivity contribution in [3.05, 3.63) is 41.0 Å². The number of nitrogens with zero attached hydrogens (tertiary/aromatic N) is 6. The maximum atomic E-state index is 4.89. The van der Waals surface area contributed by atoms with Gasteiger partial charge in [-0.15, -0.1) is 34.2 Å². The first-order valence-corrected chi connectivity index (χ1v) is 10.2. The zero-order valence-electron chi connectivity index (χ0n) is 17.9. The zero-order valence-corrected chi connectivity index (χ0v) is 20.2. The van der Waals surface area contributed by atoms with Gasteiger partial charge in [0.2, 0.25) is 0 Å². The quantitative estimate of drug-likeness (QED) is 0.390. The summed E-state index contributed by atoms with van der Waals surface area (Å²) in [5, 5.41) is 12.0. The lowest BCUT2D eigenvalue weighted by Crippen LogP contribution is -2.53. The molecule has 0 spiro atoms. The van der Waals surface area contributed by atoms with Gasteiger partial charge in [0, 0.05) is 45.0 Å². The lowest BCUT2D eigenvalue weighted by atomic mass is 10.1. The minimum atomic E-state index is 0. The summed E-state index contributed by atoms with van der Waals surface area (Å²) in [7, 11) is 2.00. The minimum Gasteiger partial charge on any atom is -0.368 e. The molecule has 1 saturated heterocycles. The van der Waals surface area contributed by atoms with E-state index in [4.69, 9.17) is 4.99 Å². The Kier molecular flexibility index (Phi) is 7.02. The predicted octanol–water partition coefficient (Wildman–Crippen LogP) is 2.79. The molecule has 29 heavy (non-hydrogen) atoms. The van der Waals surface area contributed by atoms with Crippen LogP contribution < -0.4 is 10.2 Å². The highest BCUT2D eigenvalue weighted by molar-refractivity contribution is 14.0. The minimum absolute atomic E-state index is 0. The summed E-state index contributed by atoms with van der Waals surface area (Å²) in [5.41, 5.74) is 4.11. The normalized spacial score (nSPS) is 17.3. The number of nitrogens with one attached hydrogen (secondary N) is 1. The van der Waals surface area contributed by atoms with E-state index < -0.39 is 0 Å². The van der Waals surface area contributed by atoms with Crippen molar-refractivity contribution >= 4 is 35.6 Å². The van der Waals surface area contributed by atoms with Gasteiger partial charge in [0.05, 0.1) is 0 Å². The third kappa shape index (κ3) is 5.02. The van der Waals surface area contributed by atoms with Gasteiger partial charge in [-0.3, -0.25) is 0 Å². The molecular formula is C21H32IN7. The van der Waals surface area contributed by atoms with Crippen LogP contribution >= 0.6 is 24.0 Å². The first kappa shape index (κ1) is 21.9. The van der Waals surface area contributed by atoms with Crippen LogP contribution in [0.2, 0.25) is 0 Å². The predicted molar refractivity (Wildman–Crippen MR) is 128 cm³/mol. The number of anilines is 1. The van der Waals surface area contributed by atoms with Crippen LogP contribution in [0.15, 0.2) is 23.2 Å². The lowest BCUT2D eigenvalue weighted by molar-refractivity contribution is 0.371. The summed E-state index contributed by atoms with van der Waals surface area (Å²) in [6.07, 6.45) is 2.48. The van der Waals surface area contributed by atoms with E-state index in [1.165, 1.54) is 29.7 Å². The van der Waals surface area contributed by atoms with Gasteiger partial charge in [-0.25, -0.2) is 4.99 Å². The Balaban J connectivity index is 0.00000240. The zero-order chi connectivity index (χ0) is 19.7. The molecule has 1 aliphatic heterocycles. The van der Waals surface area contributed by atoms with Gasteiger partial charge < -0.3 is 19.7 Å². The number of aryl methyl sites for hydroxylation is 2. The summed E-state index contributed by atoms with van der Waals surface area (Å²) < 4.78 is 2.01. The highest BCUT2D eigenvalue weighted by Gasteiger charge is 2.27. The molecule has 4 rings (SSSR count). The number of aliphatic imine (C=N–C) groups is 1. The fraction of sp³-hybridized carbons (Fsp3) is 0.571. The van der Waals surface area contributed by atoms with Gasteiger partial charge >= 0.3 is 0 Å². The maximum Gasteiger partial charge on any atom is 0.194 e. The van der Waals surface area contributed by atoms with Crippen LogP contribution in [-0.2, 0) is 13.6 Å². The van der Waals surface area contributed by atoms with Crippen molar-refractivity contribution in [3.63, 3.8) is 0 Å². The molecule has 1 saturated carbocycles. The number of rotatable bonds is 4. The smallest absolute Gasteiger partial charge is 0.194 e. The van der Waals surface area contributed by atoms with Crippen molar-refractivity contribution in [2.24, 2.45) is 12.0 Å². The fourth-order valence-electron chi connectivity index (χ4n) is 3.62. The monoisotopic (exact) mass is 509 g/mol. The van der Waals surface area contributed by atoms with E-state index in [9.17, 15) is 0 Å². The summed E-state index contributed by atoms with van der Waals surface area (Å²) in [5.74, 6) is 2.84. The molecule has 0 amide bonds. The number of piperazine rings is 1. The molecule has 2 aliphatic rings. The summed E-state index contributed by atoms with van der Waals surface area (Å²) in [6.45, 7) is 10.9. The van der Waals surface area contributed by atoms with Crippen LogP contribution in [0.4, 0.5) is 5.69 Å². The molecule has 1 aliphatic carbocycles. The van der Waals surface area contributed by atoms with Gasteiger partial charge in [-0.05, 0) is 50.8 Å². The summed E-state index contributed by atoms with van der Waals surface area (Å²) >= 11 is 0. The van der Waals surface area contributed by atoms with Gasteiger partial charge in [0.25, 0.3) is 0 Å². The molecule has 0 radical (unpaired) electrons. The molecule has 1 aromatic heterocycles. The average Bonchev–Trinajstić information content (AvgIpc) is 3.47. The summed E-state index contributed by atoms with van der Waals surface area (Å²) in [6, 6.07) is 7.17. The van der Waals surface area contributed by atoms with E-state index in [-0.39, 0.29) is 24.0 Å². The molecule has 0 unspecified atom stereocenters. The third-order valence-electron chi connectivity index (χ3n) is 5.96. The van der Waals surface area contributed by atoms with Crippen LogP contribution in [0, 0.1) is 20.8 Å².